The van der Waals surface area contributed by atoms with E-state index in [4.69, 9.17) is 34.8 Å². The Labute approximate surface area is 138 Å². The van der Waals surface area contributed by atoms with Gasteiger partial charge < -0.3 is 4.90 Å². The first-order chi connectivity index (χ1) is 9.36. The molecule has 0 aliphatic carbocycles. The highest BCUT2D eigenvalue weighted by molar-refractivity contribution is 7.99. The van der Waals surface area contributed by atoms with Gasteiger partial charge in [-0.05, 0) is 26.0 Å². The summed E-state index contributed by atoms with van der Waals surface area (Å²) in [7, 11) is 0. The summed E-state index contributed by atoms with van der Waals surface area (Å²) in [6.45, 7) is 4.45. The average Bonchev–Trinajstić information content (AvgIpc) is 2.86. The molecular weight excluding hydrogens is 337 g/mol. The third-order valence-corrected chi connectivity index (χ3v) is 5.77. The standard InChI is InChI=1S/C14H16Cl3NOS/c1-14(2,8-15)13(19)18-5-6-20-12(18)10-4-3-9(16)7-11(10)17/h3-4,7,12H,5-6,8H2,1-2H3/t12-/m1/s1. The number of carbonyl (C=O) groups is 1. The molecule has 1 aromatic rings. The van der Waals surface area contributed by atoms with Gasteiger partial charge in [0.25, 0.3) is 0 Å². The minimum absolute atomic E-state index is 0.0604. The Bertz CT molecular complexity index is 521. The minimum Gasteiger partial charge on any atom is -0.325 e. The summed E-state index contributed by atoms with van der Waals surface area (Å²) in [6.07, 6.45) is 0. The van der Waals surface area contributed by atoms with Crippen LogP contribution in [0.3, 0.4) is 0 Å². The third-order valence-electron chi connectivity index (χ3n) is 3.29. The third kappa shape index (κ3) is 3.22. The van der Waals surface area contributed by atoms with Gasteiger partial charge in [-0.1, -0.05) is 29.3 Å². The lowest BCUT2D eigenvalue weighted by atomic mass is 9.94. The van der Waals surface area contributed by atoms with Crippen LogP contribution >= 0.6 is 46.6 Å². The fourth-order valence-electron chi connectivity index (χ4n) is 2.08. The van der Waals surface area contributed by atoms with Gasteiger partial charge in [-0.25, -0.2) is 0 Å². The molecule has 1 saturated heterocycles. The van der Waals surface area contributed by atoms with Crippen LogP contribution in [0, 0.1) is 5.41 Å². The Morgan fingerprint density at radius 3 is 2.75 bits per heavy atom. The molecule has 1 atom stereocenters. The molecule has 0 aromatic heterocycles. The van der Waals surface area contributed by atoms with E-state index in [0.29, 0.717) is 22.5 Å². The molecule has 0 spiro atoms. The van der Waals surface area contributed by atoms with Crippen LogP contribution in [-0.4, -0.2) is 29.0 Å². The largest absolute Gasteiger partial charge is 0.325 e. The van der Waals surface area contributed by atoms with Crippen molar-refractivity contribution in [3.8, 4) is 0 Å². The maximum Gasteiger partial charge on any atom is 0.230 e. The van der Waals surface area contributed by atoms with E-state index in [9.17, 15) is 4.79 Å². The molecule has 6 heteroatoms. The van der Waals surface area contributed by atoms with E-state index < -0.39 is 5.41 Å². The normalized spacial score (nSPS) is 19.4. The molecular formula is C14H16Cl3NOS. The van der Waals surface area contributed by atoms with Gasteiger partial charge in [0.05, 0.1) is 5.41 Å². The number of hydrogen-bond donors (Lipinski definition) is 0. The van der Waals surface area contributed by atoms with Crippen LogP contribution in [0.4, 0.5) is 0 Å². The van der Waals surface area contributed by atoms with Crippen molar-refractivity contribution in [2.24, 2.45) is 5.41 Å². The van der Waals surface area contributed by atoms with Gasteiger partial charge in [-0.2, -0.15) is 0 Å². The van der Waals surface area contributed by atoms with Crippen molar-refractivity contribution in [2.75, 3.05) is 18.2 Å². The van der Waals surface area contributed by atoms with Crippen LogP contribution < -0.4 is 0 Å². The quantitative estimate of drug-likeness (QED) is 0.726. The number of benzene rings is 1. The van der Waals surface area contributed by atoms with Crippen LogP contribution in [0.25, 0.3) is 0 Å². The Morgan fingerprint density at radius 2 is 2.15 bits per heavy atom. The molecule has 1 heterocycles. The SMILES string of the molecule is CC(C)(CCl)C(=O)N1CCS[C@@H]1c1ccc(Cl)cc1Cl. The van der Waals surface area contributed by atoms with Crippen molar-refractivity contribution >= 4 is 52.5 Å². The molecule has 1 aliphatic rings. The molecule has 1 fully saturated rings. The van der Waals surface area contributed by atoms with Crippen molar-refractivity contribution in [3.05, 3.63) is 33.8 Å². The highest BCUT2D eigenvalue weighted by Gasteiger charge is 2.38. The lowest BCUT2D eigenvalue weighted by Crippen LogP contribution is -2.41. The molecule has 0 saturated carbocycles. The number of amides is 1. The van der Waals surface area contributed by atoms with Crippen LogP contribution in [0.5, 0.6) is 0 Å². The van der Waals surface area contributed by atoms with Crippen LogP contribution in [0.1, 0.15) is 24.8 Å². The average molecular weight is 353 g/mol. The van der Waals surface area contributed by atoms with Crippen LogP contribution in [0.2, 0.25) is 10.0 Å². The van der Waals surface area contributed by atoms with Crippen molar-refractivity contribution in [3.63, 3.8) is 0 Å². The van der Waals surface area contributed by atoms with Gasteiger partial charge >= 0.3 is 0 Å². The number of halogens is 3. The fourth-order valence-corrected chi connectivity index (χ4v) is 4.07. The molecule has 0 N–H and O–H groups in total. The van der Waals surface area contributed by atoms with E-state index in [2.05, 4.69) is 0 Å². The first-order valence-electron chi connectivity index (χ1n) is 6.30. The van der Waals surface area contributed by atoms with Gasteiger partial charge in [0.2, 0.25) is 5.91 Å². The second kappa shape index (κ2) is 6.35. The molecule has 0 unspecified atom stereocenters. The summed E-state index contributed by atoms with van der Waals surface area (Å²) < 4.78 is 0. The second-order valence-corrected chi connectivity index (χ2v) is 7.70. The van der Waals surface area contributed by atoms with E-state index in [1.807, 2.05) is 24.8 Å². The van der Waals surface area contributed by atoms with Gasteiger partial charge in [-0.3, -0.25) is 4.79 Å². The first kappa shape index (κ1) is 16.3. The van der Waals surface area contributed by atoms with Gasteiger partial charge in [0, 0.05) is 33.8 Å². The number of nitrogens with zero attached hydrogens (tertiary/aromatic N) is 1. The Kier molecular flexibility index (Phi) is 5.17. The van der Waals surface area contributed by atoms with Crippen molar-refractivity contribution in [2.45, 2.75) is 19.2 Å². The number of carbonyl (C=O) groups excluding carboxylic acids is 1. The summed E-state index contributed by atoms with van der Waals surface area (Å²) in [6, 6.07) is 5.41. The molecule has 0 bridgehead atoms. The van der Waals surface area contributed by atoms with E-state index in [0.717, 1.165) is 11.3 Å². The summed E-state index contributed by atoms with van der Waals surface area (Å²) >= 11 is 19.8. The molecule has 1 aromatic carbocycles. The number of hydrogen-bond acceptors (Lipinski definition) is 2. The molecule has 2 nitrogen and oxygen atoms in total. The number of rotatable bonds is 3. The summed E-state index contributed by atoms with van der Waals surface area (Å²) in [5.74, 6) is 1.26. The van der Waals surface area contributed by atoms with Gasteiger partial charge in [0.15, 0.2) is 0 Å². The van der Waals surface area contributed by atoms with Gasteiger partial charge in [0.1, 0.15) is 5.37 Å². The lowest BCUT2D eigenvalue weighted by Gasteiger charge is -2.31. The lowest BCUT2D eigenvalue weighted by molar-refractivity contribution is -0.139. The molecule has 0 radical (unpaired) electrons. The summed E-state index contributed by atoms with van der Waals surface area (Å²) in [5.41, 5.74) is 0.362. The highest BCUT2D eigenvalue weighted by Crippen LogP contribution is 2.43. The first-order valence-corrected chi connectivity index (χ1v) is 8.64. The summed E-state index contributed by atoms with van der Waals surface area (Å²) in [5, 5.41) is 1.13. The maximum absolute atomic E-state index is 12.6. The zero-order valence-electron chi connectivity index (χ0n) is 11.3. The molecule has 1 aliphatic heterocycles. The molecule has 20 heavy (non-hydrogen) atoms. The predicted molar refractivity (Wildman–Crippen MR) is 87.9 cm³/mol. The Balaban J connectivity index is 2.30. The van der Waals surface area contributed by atoms with Crippen LogP contribution in [-0.2, 0) is 4.79 Å². The predicted octanol–water partition coefficient (Wildman–Crippen LogP) is 4.83. The fraction of sp³-hybridized carbons (Fsp3) is 0.500. The zero-order chi connectivity index (χ0) is 14.9. The topological polar surface area (TPSA) is 20.3 Å². The molecule has 2 rings (SSSR count). The Hall–Kier alpha value is -0.0900. The maximum atomic E-state index is 12.6. The summed E-state index contributed by atoms with van der Waals surface area (Å²) in [4.78, 5) is 14.5. The van der Waals surface area contributed by atoms with Crippen LogP contribution in [0.15, 0.2) is 18.2 Å². The molecule has 1 amide bonds. The van der Waals surface area contributed by atoms with E-state index in [1.165, 1.54) is 0 Å². The Morgan fingerprint density at radius 1 is 1.45 bits per heavy atom. The van der Waals surface area contributed by atoms with E-state index in [1.54, 1.807) is 23.9 Å². The van der Waals surface area contributed by atoms with Crippen molar-refractivity contribution in [1.82, 2.24) is 4.90 Å². The van der Waals surface area contributed by atoms with Crippen molar-refractivity contribution in [1.29, 1.82) is 0 Å². The van der Waals surface area contributed by atoms with Crippen molar-refractivity contribution < 1.29 is 4.79 Å². The number of alkyl halides is 1. The second-order valence-electron chi connectivity index (χ2n) is 5.41. The number of thioether (sulfide) groups is 1. The van der Waals surface area contributed by atoms with E-state index in [-0.39, 0.29) is 11.3 Å². The zero-order valence-corrected chi connectivity index (χ0v) is 14.4. The monoisotopic (exact) mass is 351 g/mol. The smallest absolute Gasteiger partial charge is 0.230 e. The molecule has 110 valence electrons. The van der Waals surface area contributed by atoms with Gasteiger partial charge in [-0.15, -0.1) is 23.4 Å². The highest BCUT2D eigenvalue weighted by atomic mass is 35.5. The minimum atomic E-state index is -0.566. The van der Waals surface area contributed by atoms with E-state index >= 15 is 0 Å².